The van der Waals surface area contributed by atoms with Gasteiger partial charge in [-0.3, -0.25) is 0 Å². The average molecular weight is 258 g/mol. The molecule has 1 aliphatic heterocycles. The van der Waals surface area contributed by atoms with E-state index in [2.05, 4.69) is 17.9 Å². The molecule has 0 saturated carbocycles. The molecule has 1 fully saturated rings. The number of nitrogens with zero attached hydrogens (tertiary/aromatic N) is 2. The van der Waals surface area contributed by atoms with Gasteiger partial charge in [0.25, 0.3) is 0 Å². The Kier molecular flexibility index (Phi) is 5.23. The van der Waals surface area contributed by atoms with Crippen LogP contribution in [0.25, 0.3) is 0 Å². The molecule has 0 aliphatic carbocycles. The molecular weight excluding hydrogens is 236 g/mol. The van der Waals surface area contributed by atoms with E-state index >= 15 is 0 Å². The molecular formula is C16H22N2O. The van der Waals surface area contributed by atoms with Gasteiger partial charge in [0, 0.05) is 13.1 Å². The Labute approximate surface area is 115 Å². The van der Waals surface area contributed by atoms with E-state index in [0.29, 0.717) is 5.56 Å². The Balaban J connectivity index is 1.67. The van der Waals surface area contributed by atoms with Crippen LogP contribution in [0.15, 0.2) is 24.3 Å². The fourth-order valence-corrected chi connectivity index (χ4v) is 2.62. The summed E-state index contributed by atoms with van der Waals surface area (Å²) in [6.45, 7) is 6.62. The van der Waals surface area contributed by atoms with Gasteiger partial charge in [-0.05, 0) is 49.9 Å². The minimum absolute atomic E-state index is 0.655. The predicted octanol–water partition coefficient (Wildman–Crippen LogP) is 3.06. The first-order valence-electron chi connectivity index (χ1n) is 7.13. The third kappa shape index (κ3) is 4.57. The lowest BCUT2D eigenvalue weighted by atomic mass is 10.0. The number of ether oxygens (including phenoxy) is 1. The second kappa shape index (κ2) is 7.16. The van der Waals surface area contributed by atoms with E-state index in [1.165, 1.54) is 25.9 Å². The zero-order valence-electron chi connectivity index (χ0n) is 11.6. The van der Waals surface area contributed by atoms with Crippen LogP contribution in [0.2, 0.25) is 0 Å². The van der Waals surface area contributed by atoms with E-state index in [1.54, 1.807) is 12.1 Å². The largest absolute Gasteiger partial charge is 0.494 e. The molecule has 2 rings (SSSR count). The molecule has 0 bridgehead atoms. The van der Waals surface area contributed by atoms with E-state index < -0.39 is 0 Å². The molecule has 1 aromatic carbocycles. The van der Waals surface area contributed by atoms with Crippen molar-refractivity contribution in [1.29, 1.82) is 5.26 Å². The molecule has 19 heavy (non-hydrogen) atoms. The third-order valence-electron chi connectivity index (χ3n) is 3.59. The van der Waals surface area contributed by atoms with Crippen LogP contribution in [-0.2, 0) is 0 Å². The van der Waals surface area contributed by atoms with Gasteiger partial charge in [-0.2, -0.15) is 5.26 Å². The van der Waals surface area contributed by atoms with Crippen LogP contribution in [0.5, 0.6) is 5.75 Å². The molecule has 1 aliphatic rings. The van der Waals surface area contributed by atoms with Gasteiger partial charge < -0.3 is 9.64 Å². The summed E-state index contributed by atoms with van der Waals surface area (Å²) >= 11 is 0. The number of hydrogen-bond donors (Lipinski definition) is 0. The van der Waals surface area contributed by atoms with Crippen molar-refractivity contribution in [3.8, 4) is 11.8 Å². The standard InChI is InChI=1S/C16H22N2O/c1-14-5-3-8-18(13-14)9-4-10-19-16-7-2-6-15(11-16)12-17/h2,6-7,11,14H,3-5,8-10,13H2,1H3. The highest BCUT2D eigenvalue weighted by atomic mass is 16.5. The average Bonchev–Trinajstić information content (AvgIpc) is 2.44. The normalized spacial score (nSPS) is 19.9. The van der Waals surface area contributed by atoms with Crippen LogP contribution < -0.4 is 4.74 Å². The van der Waals surface area contributed by atoms with Crippen LogP contribution in [0.4, 0.5) is 0 Å². The Morgan fingerprint density at radius 2 is 2.37 bits per heavy atom. The molecule has 102 valence electrons. The van der Waals surface area contributed by atoms with E-state index in [1.807, 2.05) is 12.1 Å². The van der Waals surface area contributed by atoms with Gasteiger partial charge >= 0.3 is 0 Å². The first-order valence-corrected chi connectivity index (χ1v) is 7.13. The lowest BCUT2D eigenvalue weighted by Crippen LogP contribution is -2.35. The zero-order valence-corrected chi connectivity index (χ0v) is 11.6. The van der Waals surface area contributed by atoms with Crippen molar-refractivity contribution in [2.75, 3.05) is 26.2 Å². The number of nitriles is 1. The minimum atomic E-state index is 0.655. The van der Waals surface area contributed by atoms with Crippen molar-refractivity contribution < 1.29 is 4.74 Å². The van der Waals surface area contributed by atoms with Crippen molar-refractivity contribution in [2.24, 2.45) is 5.92 Å². The Morgan fingerprint density at radius 3 is 3.16 bits per heavy atom. The van der Waals surface area contributed by atoms with Gasteiger partial charge in [-0.15, -0.1) is 0 Å². The molecule has 1 unspecified atom stereocenters. The van der Waals surface area contributed by atoms with Gasteiger partial charge in [0.1, 0.15) is 5.75 Å². The minimum Gasteiger partial charge on any atom is -0.494 e. The third-order valence-corrected chi connectivity index (χ3v) is 3.59. The highest BCUT2D eigenvalue weighted by Crippen LogP contribution is 2.16. The summed E-state index contributed by atoms with van der Waals surface area (Å²) in [5, 5.41) is 8.82. The molecule has 1 aromatic rings. The van der Waals surface area contributed by atoms with Crippen LogP contribution in [0.1, 0.15) is 31.7 Å². The summed E-state index contributed by atoms with van der Waals surface area (Å²) in [4.78, 5) is 2.53. The fraction of sp³-hybridized carbons (Fsp3) is 0.562. The topological polar surface area (TPSA) is 36.3 Å². The highest BCUT2D eigenvalue weighted by Gasteiger charge is 2.15. The summed E-state index contributed by atoms with van der Waals surface area (Å²) in [5.41, 5.74) is 0.655. The Morgan fingerprint density at radius 1 is 1.47 bits per heavy atom. The van der Waals surface area contributed by atoms with E-state index in [9.17, 15) is 0 Å². The second-order valence-electron chi connectivity index (χ2n) is 5.39. The number of hydrogen-bond acceptors (Lipinski definition) is 3. The van der Waals surface area contributed by atoms with Gasteiger partial charge in [-0.25, -0.2) is 0 Å². The summed E-state index contributed by atoms with van der Waals surface area (Å²) in [6, 6.07) is 9.48. The van der Waals surface area contributed by atoms with E-state index in [-0.39, 0.29) is 0 Å². The molecule has 0 aromatic heterocycles. The number of benzene rings is 1. The van der Waals surface area contributed by atoms with Gasteiger partial charge in [0.05, 0.1) is 18.2 Å². The SMILES string of the molecule is CC1CCCN(CCCOc2cccc(C#N)c2)C1. The molecule has 0 N–H and O–H groups in total. The van der Waals surface area contributed by atoms with Crippen LogP contribution >= 0.6 is 0 Å². The lowest BCUT2D eigenvalue weighted by Gasteiger charge is -2.30. The zero-order chi connectivity index (χ0) is 13.5. The Bertz CT molecular complexity index is 439. The quantitative estimate of drug-likeness (QED) is 0.762. The molecule has 3 nitrogen and oxygen atoms in total. The smallest absolute Gasteiger partial charge is 0.120 e. The summed E-state index contributed by atoms with van der Waals surface area (Å²) in [5.74, 6) is 1.63. The summed E-state index contributed by atoms with van der Waals surface area (Å²) in [7, 11) is 0. The van der Waals surface area contributed by atoms with Crippen molar-refractivity contribution in [2.45, 2.75) is 26.2 Å². The summed E-state index contributed by atoms with van der Waals surface area (Å²) in [6.07, 6.45) is 3.74. The van der Waals surface area contributed by atoms with E-state index in [4.69, 9.17) is 10.00 Å². The highest BCUT2D eigenvalue weighted by molar-refractivity contribution is 5.36. The molecule has 0 spiro atoms. The Hall–Kier alpha value is -1.53. The maximum absolute atomic E-state index is 8.82. The molecule has 0 amide bonds. The van der Waals surface area contributed by atoms with Crippen molar-refractivity contribution in [3.05, 3.63) is 29.8 Å². The van der Waals surface area contributed by atoms with Crippen LogP contribution in [-0.4, -0.2) is 31.1 Å². The first-order chi connectivity index (χ1) is 9.28. The molecule has 1 saturated heterocycles. The fourth-order valence-electron chi connectivity index (χ4n) is 2.62. The maximum Gasteiger partial charge on any atom is 0.120 e. The molecule has 1 heterocycles. The summed E-state index contributed by atoms with van der Waals surface area (Å²) < 4.78 is 5.69. The van der Waals surface area contributed by atoms with Gasteiger partial charge in [0.15, 0.2) is 0 Å². The number of piperidine rings is 1. The van der Waals surface area contributed by atoms with Gasteiger partial charge in [-0.1, -0.05) is 13.0 Å². The monoisotopic (exact) mass is 258 g/mol. The van der Waals surface area contributed by atoms with Crippen LogP contribution in [0.3, 0.4) is 0 Å². The maximum atomic E-state index is 8.82. The number of likely N-dealkylation sites (tertiary alicyclic amines) is 1. The molecule has 0 radical (unpaired) electrons. The van der Waals surface area contributed by atoms with Gasteiger partial charge in [0.2, 0.25) is 0 Å². The lowest BCUT2D eigenvalue weighted by molar-refractivity contribution is 0.170. The number of rotatable bonds is 5. The van der Waals surface area contributed by atoms with Crippen molar-refractivity contribution >= 4 is 0 Å². The van der Waals surface area contributed by atoms with Crippen LogP contribution in [0, 0.1) is 17.2 Å². The predicted molar refractivity (Wildman–Crippen MR) is 76.1 cm³/mol. The molecule has 1 atom stereocenters. The first kappa shape index (κ1) is 13.9. The second-order valence-corrected chi connectivity index (χ2v) is 5.39. The molecule has 3 heteroatoms. The van der Waals surface area contributed by atoms with E-state index in [0.717, 1.165) is 31.2 Å². The van der Waals surface area contributed by atoms with Crippen molar-refractivity contribution in [3.63, 3.8) is 0 Å². The van der Waals surface area contributed by atoms with Crippen molar-refractivity contribution in [1.82, 2.24) is 4.90 Å².